The van der Waals surface area contributed by atoms with E-state index in [9.17, 15) is 4.79 Å². The van der Waals surface area contributed by atoms with E-state index in [0.29, 0.717) is 28.8 Å². The number of nitrogens with zero attached hydrogens (tertiary/aromatic N) is 2. The average Bonchev–Trinajstić information content (AvgIpc) is 3.10. The number of benzene rings is 2. The zero-order valence-corrected chi connectivity index (χ0v) is 19.0. The summed E-state index contributed by atoms with van der Waals surface area (Å²) in [7, 11) is 0. The summed E-state index contributed by atoms with van der Waals surface area (Å²) < 4.78 is 17.5. The second kappa shape index (κ2) is 9.24. The second-order valence-corrected chi connectivity index (χ2v) is 8.93. The topological polar surface area (TPSA) is 51.2 Å². The van der Waals surface area contributed by atoms with Gasteiger partial charge in [0.2, 0.25) is 5.78 Å². The number of allylic oxidation sites excluding steroid dienone is 1. The SMILES string of the molecule is Cc1c2c(cc3c1O/C(=C\c1cccc(Cl)c1)C3=O)CN(CCCN1CCOCC1)CO2. The molecule has 3 heterocycles. The van der Waals surface area contributed by atoms with Crippen molar-refractivity contribution in [1.82, 2.24) is 9.80 Å². The summed E-state index contributed by atoms with van der Waals surface area (Å²) in [6.45, 7) is 8.99. The van der Waals surface area contributed by atoms with Crippen LogP contribution in [0.1, 0.15) is 33.5 Å². The Morgan fingerprint density at radius 2 is 1.91 bits per heavy atom. The first-order chi connectivity index (χ1) is 15.6. The largest absolute Gasteiger partial charge is 0.477 e. The highest BCUT2D eigenvalue weighted by Crippen LogP contribution is 2.43. The van der Waals surface area contributed by atoms with Gasteiger partial charge in [0.15, 0.2) is 5.76 Å². The Hall–Kier alpha value is -2.38. The van der Waals surface area contributed by atoms with Gasteiger partial charge in [0.1, 0.15) is 18.2 Å². The Bertz CT molecular complexity index is 1060. The van der Waals surface area contributed by atoms with Crippen molar-refractivity contribution >= 4 is 23.5 Å². The molecule has 0 N–H and O–H groups in total. The summed E-state index contributed by atoms with van der Waals surface area (Å²) in [6.07, 6.45) is 2.82. The zero-order valence-electron chi connectivity index (χ0n) is 18.2. The number of ether oxygens (including phenoxy) is 3. The van der Waals surface area contributed by atoms with Crippen LogP contribution >= 0.6 is 11.6 Å². The van der Waals surface area contributed by atoms with Crippen LogP contribution < -0.4 is 9.47 Å². The Kier molecular flexibility index (Phi) is 6.20. The van der Waals surface area contributed by atoms with E-state index in [-0.39, 0.29) is 5.78 Å². The van der Waals surface area contributed by atoms with E-state index in [2.05, 4.69) is 9.80 Å². The number of hydrogen-bond acceptors (Lipinski definition) is 6. The molecule has 0 saturated carbocycles. The quantitative estimate of drug-likeness (QED) is 0.633. The fourth-order valence-electron chi connectivity index (χ4n) is 4.53. The summed E-state index contributed by atoms with van der Waals surface area (Å²) in [5.41, 5.74) is 3.36. The van der Waals surface area contributed by atoms with Crippen molar-refractivity contribution in [2.45, 2.75) is 19.9 Å². The molecule has 1 fully saturated rings. The minimum Gasteiger partial charge on any atom is -0.477 e. The van der Waals surface area contributed by atoms with Crippen molar-refractivity contribution in [3.63, 3.8) is 0 Å². The molecule has 0 radical (unpaired) electrons. The summed E-state index contributed by atoms with van der Waals surface area (Å²) in [6, 6.07) is 9.30. The number of morpholine rings is 1. The summed E-state index contributed by atoms with van der Waals surface area (Å²) in [4.78, 5) is 17.8. The smallest absolute Gasteiger partial charge is 0.231 e. The first kappa shape index (κ1) is 21.5. The Balaban J connectivity index is 1.29. The molecule has 0 unspecified atom stereocenters. The molecule has 0 atom stereocenters. The number of Topliss-reactive ketones (excluding diaryl/α,β-unsaturated/α-hetero) is 1. The van der Waals surface area contributed by atoms with Crippen LogP contribution in [-0.2, 0) is 11.3 Å². The Morgan fingerprint density at radius 3 is 2.72 bits per heavy atom. The minimum absolute atomic E-state index is 0.102. The average molecular weight is 455 g/mol. The van der Waals surface area contributed by atoms with Crippen molar-refractivity contribution in [1.29, 1.82) is 0 Å². The molecule has 2 aromatic rings. The van der Waals surface area contributed by atoms with Gasteiger partial charge in [-0.1, -0.05) is 23.7 Å². The van der Waals surface area contributed by atoms with Crippen molar-refractivity contribution in [3.8, 4) is 11.5 Å². The molecule has 3 aliphatic heterocycles. The van der Waals surface area contributed by atoms with Crippen molar-refractivity contribution in [2.24, 2.45) is 0 Å². The van der Waals surface area contributed by atoms with E-state index in [1.54, 1.807) is 12.1 Å². The molecular weight excluding hydrogens is 428 g/mol. The molecule has 3 aliphatic rings. The van der Waals surface area contributed by atoms with Crippen LogP contribution in [0.3, 0.4) is 0 Å². The van der Waals surface area contributed by atoms with Crippen LogP contribution in [0.15, 0.2) is 36.1 Å². The lowest BCUT2D eigenvalue weighted by atomic mass is 10.00. The standard InChI is InChI=1S/C25H27ClN2O4/c1-17-24-19(15-28(16-31-24)7-3-6-27-8-10-30-11-9-27)14-21-23(29)22(32-25(17)21)13-18-4-2-5-20(26)12-18/h2,4-5,12-14H,3,6-11,15-16H2,1H3/b22-13-. The van der Waals surface area contributed by atoms with Gasteiger partial charge in [-0.3, -0.25) is 14.6 Å². The maximum Gasteiger partial charge on any atom is 0.231 e. The van der Waals surface area contributed by atoms with E-state index >= 15 is 0 Å². The fourth-order valence-corrected chi connectivity index (χ4v) is 4.73. The molecule has 168 valence electrons. The highest BCUT2D eigenvalue weighted by Gasteiger charge is 2.33. The van der Waals surface area contributed by atoms with Crippen LogP contribution in [0, 0.1) is 6.92 Å². The van der Waals surface area contributed by atoms with Gasteiger partial charge in [0.05, 0.1) is 18.8 Å². The lowest BCUT2D eigenvalue weighted by Crippen LogP contribution is -2.39. The monoisotopic (exact) mass is 454 g/mol. The third-order valence-electron chi connectivity index (χ3n) is 6.20. The van der Waals surface area contributed by atoms with Crippen molar-refractivity contribution in [2.75, 3.05) is 46.1 Å². The van der Waals surface area contributed by atoms with Gasteiger partial charge in [-0.2, -0.15) is 0 Å². The van der Waals surface area contributed by atoms with Gasteiger partial charge in [-0.25, -0.2) is 0 Å². The van der Waals surface area contributed by atoms with Crippen molar-refractivity contribution in [3.05, 3.63) is 63.4 Å². The number of carbonyl (C=O) groups excluding carboxylic acids is 1. The van der Waals surface area contributed by atoms with E-state index in [0.717, 1.165) is 74.8 Å². The van der Waals surface area contributed by atoms with E-state index in [1.165, 1.54) is 0 Å². The van der Waals surface area contributed by atoms with E-state index < -0.39 is 0 Å². The van der Waals surface area contributed by atoms with Crippen LogP contribution in [0.25, 0.3) is 6.08 Å². The first-order valence-electron chi connectivity index (χ1n) is 11.1. The summed E-state index contributed by atoms with van der Waals surface area (Å²) >= 11 is 6.08. The molecule has 0 aliphatic carbocycles. The maximum absolute atomic E-state index is 13.1. The summed E-state index contributed by atoms with van der Waals surface area (Å²) in [5.74, 6) is 1.65. The van der Waals surface area contributed by atoms with Crippen LogP contribution in [0.5, 0.6) is 11.5 Å². The number of halogens is 1. The summed E-state index contributed by atoms with van der Waals surface area (Å²) in [5, 5.41) is 0.621. The second-order valence-electron chi connectivity index (χ2n) is 8.49. The van der Waals surface area contributed by atoms with Crippen LogP contribution in [0.4, 0.5) is 0 Å². The molecule has 0 aromatic heterocycles. The maximum atomic E-state index is 13.1. The van der Waals surface area contributed by atoms with Gasteiger partial charge in [-0.05, 0) is 49.7 Å². The van der Waals surface area contributed by atoms with Crippen molar-refractivity contribution < 1.29 is 19.0 Å². The number of rotatable bonds is 5. The number of fused-ring (bicyclic) bond motifs is 2. The molecule has 0 amide bonds. The molecule has 5 rings (SSSR count). The predicted molar refractivity (Wildman–Crippen MR) is 123 cm³/mol. The molecule has 32 heavy (non-hydrogen) atoms. The van der Waals surface area contributed by atoms with Gasteiger partial charge in [0.25, 0.3) is 0 Å². The first-order valence-corrected chi connectivity index (χ1v) is 11.5. The molecule has 7 heteroatoms. The third kappa shape index (κ3) is 4.41. The normalized spacial score (nSPS) is 20.1. The van der Waals surface area contributed by atoms with E-state index in [4.69, 9.17) is 25.8 Å². The van der Waals surface area contributed by atoms with E-state index in [1.807, 2.05) is 31.2 Å². The van der Waals surface area contributed by atoms with Gasteiger partial charge in [-0.15, -0.1) is 0 Å². The Labute approximate surface area is 193 Å². The Morgan fingerprint density at radius 1 is 1.09 bits per heavy atom. The molecule has 6 nitrogen and oxygen atoms in total. The highest BCUT2D eigenvalue weighted by molar-refractivity contribution is 6.30. The lowest BCUT2D eigenvalue weighted by Gasteiger charge is -2.31. The number of carbonyl (C=O) groups is 1. The van der Waals surface area contributed by atoms with Gasteiger partial charge < -0.3 is 14.2 Å². The minimum atomic E-state index is -0.102. The van der Waals surface area contributed by atoms with Crippen LogP contribution in [0.2, 0.25) is 5.02 Å². The van der Waals surface area contributed by atoms with Crippen LogP contribution in [-0.4, -0.2) is 61.7 Å². The molecule has 1 saturated heterocycles. The molecule has 0 spiro atoms. The lowest BCUT2D eigenvalue weighted by molar-refractivity contribution is 0.0329. The third-order valence-corrected chi connectivity index (χ3v) is 6.44. The predicted octanol–water partition coefficient (Wildman–Crippen LogP) is 4.14. The van der Waals surface area contributed by atoms with Gasteiger partial charge >= 0.3 is 0 Å². The molecular formula is C25H27ClN2O4. The number of hydrogen-bond donors (Lipinski definition) is 0. The highest BCUT2D eigenvalue weighted by atomic mass is 35.5. The molecule has 2 aromatic carbocycles. The van der Waals surface area contributed by atoms with Gasteiger partial charge in [0, 0.05) is 42.3 Å². The number of ketones is 1. The molecule has 0 bridgehead atoms. The zero-order chi connectivity index (χ0) is 22.1. The fraction of sp³-hybridized carbons (Fsp3) is 0.400.